The molecule has 192 valence electrons. The third-order valence-electron chi connectivity index (χ3n) is 10.4. The van der Waals surface area contributed by atoms with Gasteiger partial charge in [-0.2, -0.15) is 0 Å². The normalized spacial score (nSPS) is 34.5. The Labute approximate surface area is 216 Å². The number of aliphatic carboxylic acids is 1. The van der Waals surface area contributed by atoms with E-state index >= 15 is 0 Å². The van der Waals surface area contributed by atoms with Crippen molar-refractivity contribution < 1.29 is 9.90 Å². The third kappa shape index (κ3) is 4.20. The van der Waals surface area contributed by atoms with Crippen molar-refractivity contribution in [3.05, 3.63) is 71.8 Å². The lowest BCUT2D eigenvalue weighted by atomic mass is 9.42. The molecule has 3 atom stereocenters. The molecule has 2 aliphatic carbocycles. The molecular weight excluding hydrogens is 444 g/mol. The molecule has 4 nitrogen and oxygen atoms in total. The fraction of sp³-hybridized carbons (Fsp3) is 0.594. The van der Waals surface area contributed by atoms with Crippen LogP contribution < -0.4 is 0 Å². The van der Waals surface area contributed by atoms with E-state index in [1.54, 1.807) is 11.1 Å². The number of likely N-dealkylation sites (tertiary alicyclic amines) is 1. The molecule has 5 aliphatic rings. The van der Waals surface area contributed by atoms with Crippen LogP contribution in [-0.4, -0.2) is 59.6 Å². The average Bonchev–Trinajstić information content (AvgIpc) is 2.92. The standard InChI is InChI=1S/C32H42N2O2/c35-30(36)25-11-9-19-33(23-25)18-7-8-20-34-24-29-31(26-12-3-1-4-13-26)16-10-17-32(29,22-28(34)21-31)27-14-5-2-6-15-27/h1-6,12-15,25,28-29H,7-11,16-24H2,(H,35,36). The Bertz CT molecular complexity index is 985. The molecular formula is C32H42N2O2. The molecule has 2 aromatic carbocycles. The lowest BCUT2D eigenvalue weighted by Crippen LogP contribution is -2.69. The second-order valence-electron chi connectivity index (χ2n) is 12.2. The highest BCUT2D eigenvalue weighted by molar-refractivity contribution is 5.70. The SMILES string of the molecule is O=C(O)C1CCCN(CCCCN2CC3C4(c5ccccc5)CCCC3(c3ccccc3)CC2C4)C1. The van der Waals surface area contributed by atoms with E-state index in [0.717, 1.165) is 32.5 Å². The maximum Gasteiger partial charge on any atom is 0.307 e. The summed E-state index contributed by atoms with van der Waals surface area (Å²) in [4.78, 5) is 16.7. The van der Waals surface area contributed by atoms with E-state index in [2.05, 4.69) is 70.5 Å². The molecule has 0 radical (unpaired) electrons. The highest BCUT2D eigenvalue weighted by Crippen LogP contribution is 2.64. The fourth-order valence-electron chi connectivity index (χ4n) is 8.84. The molecule has 4 bridgehead atoms. The Kier molecular flexibility index (Phi) is 6.68. The number of benzene rings is 2. The molecule has 2 saturated carbocycles. The van der Waals surface area contributed by atoms with E-state index in [1.165, 1.54) is 58.0 Å². The first kappa shape index (κ1) is 24.2. The minimum Gasteiger partial charge on any atom is -0.481 e. The maximum atomic E-state index is 11.4. The van der Waals surface area contributed by atoms with Crippen LogP contribution in [-0.2, 0) is 15.6 Å². The van der Waals surface area contributed by atoms with Gasteiger partial charge >= 0.3 is 5.97 Å². The van der Waals surface area contributed by atoms with Gasteiger partial charge in [0, 0.05) is 30.0 Å². The van der Waals surface area contributed by atoms with Crippen LogP contribution in [0, 0.1) is 11.8 Å². The highest BCUT2D eigenvalue weighted by Gasteiger charge is 2.63. The summed E-state index contributed by atoms with van der Waals surface area (Å²) in [7, 11) is 0. The first-order valence-corrected chi connectivity index (χ1v) is 14.4. The molecule has 0 aromatic heterocycles. The van der Waals surface area contributed by atoms with Crippen LogP contribution in [0.3, 0.4) is 0 Å². The van der Waals surface area contributed by atoms with E-state index in [1.807, 2.05) is 0 Å². The van der Waals surface area contributed by atoms with Crippen LogP contribution in [0.4, 0.5) is 0 Å². The molecule has 36 heavy (non-hydrogen) atoms. The van der Waals surface area contributed by atoms with Gasteiger partial charge in [-0.25, -0.2) is 0 Å². The zero-order valence-electron chi connectivity index (χ0n) is 21.7. The summed E-state index contributed by atoms with van der Waals surface area (Å²) in [6, 6.07) is 23.6. The van der Waals surface area contributed by atoms with Gasteiger partial charge in [-0.3, -0.25) is 9.69 Å². The van der Waals surface area contributed by atoms with Gasteiger partial charge in [-0.1, -0.05) is 67.1 Å². The number of carboxylic acid groups (broad SMARTS) is 1. The van der Waals surface area contributed by atoms with Crippen molar-refractivity contribution in [3.63, 3.8) is 0 Å². The predicted octanol–water partition coefficient (Wildman–Crippen LogP) is 5.72. The first-order valence-electron chi connectivity index (χ1n) is 14.4. The Morgan fingerprint density at radius 3 is 2.03 bits per heavy atom. The van der Waals surface area contributed by atoms with Gasteiger partial charge in [-0.15, -0.1) is 0 Å². The summed E-state index contributed by atoms with van der Waals surface area (Å²) < 4.78 is 0. The summed E-state index contributed by atoms with van der Waals surface area (Å²) in [6.45, 7) is 5.26. The van der Waals surface area contributed by atoms with Crippen molar-refractivity contribution in [2.45, 2.75) is 74.7 Å². The van der Waals surface area contributed by atoms with Gasteiger partial charge in [0.2, 0.25) is 0 Å². The molecule has 3 aliphatic heterocycles. The molecule has 7 rings (SSSR count). The molecule has 0 spiro atoms. The number of rotatable bonds is 8. The van der Waals surface area contributed by atoms with Gasteiger partial charge < -0.3 is 10.0 Å². The molecule has 3 saturated heterocycles. The van der Waals surface area contributed by atoms with Crippen molar-refractivity contribution in [1.29, 1.82) is 0 Å². The topological polar surface area (TPSA) is 43.8 Å². The van der Waals surface area contributed by atoms with Crippen molar-refractivity contribution >= 4 is 5.97 Å². The van der Waals surface area contributed by atoms with E-state index in [4.69, 9.17) is 0 Å². The minimum atomic E-state index is -0.616. The molecule has 4 heteroatoms. The second-order valence-corrected chi connectivity index (χ2v) is 12.2. The van der Waals surface area contributed by atoms with Crippen LogP contribution >= 0.6 is 0 Å². The Balaban J connectivity index is 1.16. The number of hydrogen-bond acceptors (Lipinski definition) is 3. The van der Waals surface area contributed by atoms with Crippen LogP contribution in [0.25, 0.3) is 0 Å². The number of unbranched alkanes of at least 4 members (excludes halogenated alkanes) is 1. The third-order valence-corrected chi connectivity index (χ3v) is 10.4. The number of nitrogens with zero attached hydrogens (tertiary/aromatic N) is 2. The van der Waals surface area contributed by atoms with E-state index in [9.17, 15) is 9.90 Å². The highest BCUT2D eigenvalue weighted by atomic mass is 16.4. The van der Waals surface area contributed by atoms with Gasteiger partial charge in [0.1, 0.15) is 0 Å². The van der Waals surface area contributed by atoms with Gasteiger partial charge in [0.25, 0.3) is 0 Å². The summed E-state index contributed by atoms with van der Waals surface area (Å²) in [5, 5.41) is 9.40. The molecule has 2 aromatic rings. The quantitative estimate of drug-likeness (QED) is 0.485. The molecule has 0 amide bonds. The van der Waals surface area contributed by atoms with Crippen molar-refractivity contribution in [2.75, 3.05) is 32.7 Å². The van der Waals surface area contributed by atoms with Crippen molar-refractivity contribution in [3.8, 4) is 0 Å². The number of carboxylic acids is 1. The lowest BCUT2D eigenvalue weighted by Gasteiger charge is -2.68. The van der Waals surface area contributed by atoms with E-state index < -0.39 is 5.97 Å². The number of piperidine rings is 3. The average molecular weight is 487 g/mol. The van der Waals surface area contributed by atoms with Gasteiger partial charge in [0.15, 0.2) is 0 Å². The first-order chi connectivity index (χ1) is 17.6. The second kappa shape index (κ2) is 9.95. The molecule has 3 unspecified atom stereocenters. The molecule has 5 fully saturated rings. The molecule has 1 N–H and O–H groups in total. The van der Waals surface area contributed by atoms with Crippen molar-refractivity contribution in [2.24, 2.45) is 11.8 Å². The number of fused-ring (bicyclic) bond motifs is 1. The number of carbonyl (C=O) groups is 1. The predicted molar refractivity (Wildman–Crippen MR) is 144 cm³/mol. The Morgan fingerprint density at radius 1 is 0.833 bits per heavy atom. The van der Waals surface area contributed by atoms with Crippen molar-refractivity contribution in [1.82, 2.24) is 9.80 Å². The van der Waals surface area contributed by atoms with E-state index in [0.29, 0.717) is 22.8 Å². The van der Waals surface area contributed by atoms with Crippen LogP contribution in [0.5, 0.6) is 0 Å². The monoisotopic (exact) mass is 486 g/mol. The largest absolute Gasteiger partial charge is 0.481 e. The zero-order chi connectivity index (χ0) is 24.6. The smallest absolute Gasteiger partial charge is 0.307 e. The van der Waals surface area contributed by atoms with Crippen LogP contribution in [0.15, 0.2) is 60.7 Å². The summed E-state index contributed by atoms with van der Waals surface area (Å²) in [5.41, 5.74) is 3.79. The Hall–Kier alpha value is -2.17. The van der Waals surface area contributed by atoms with E-state index in [-0.39, 0.29) is 5.92 Å². The maximum absolute atomic E-state index is 11.4. The van der Waals surface area contributed by atoms with Crippen LogP contribution in [0.1, 0.15) is 68.9 Å². The zero-order valence-corrected chi connectivity index (χ0v) is 21.7. The lowest BCUT2D eigenvalue weighted by molar-refractivity contribution is -0.143. The number of hydrogen-bond donors (Lipinski definition) is 1. The minimum absolute atomic E-state index is 0.167. The summed E-state index contributed by atoms with van der Waals surface area (Å²) in [5.74, 6) is -0.111. The van der Waals surface area contributed by atoms with Crippen LogP contribution in [0.2, 0.25) is 0 Å². The fourth-order valence-corrected chi connectivity index (χ4v) is 8.84. The molecule has 3 heterocycles. The van der Waals surface area contributed by atoms with Gasteiger partial charge in [0.05, 0.1) is 5.92 Å². The van der Waals surface area contributed by atoms with Gasteiger partial charge in [-0.05, 0) is 88.0 Å². The summed E-state index contributed by atoms with van der Waals surface area (Å²) >= 11 is 0. The Morgan fingerprint density at radius 2 is 1.44 bits per heavy atom. The summed E-state index contributed by atoms with van der Waals surface area (Å²) in [6.07, 6.45) is 10.9.